The van der Waals surface area contributed by atoms with E-state index in [1.54, 1.807) is 0 Å². The van der Waals surface area contributed by atoms with Crippen LogP contribution >= 0.6 is 0 Å². The summed E-state index contributed by atoms with van der Waals surface area (Å²) in [5.74, 6) is 1.19. The van der Waals surface area contributed by atoms with E-state index in [0.29, 0.717) is 11.8 Å². The van der Waals surface area contributed by atoms with Crippen LogP contribution < -0.4 is 5.32 Å². The Balaban J connectivity index is 1.41. The number of benzene rings is 1. The predicted octanol–water partition coefficient (Wildman–Crippen LogP) is 2.98. The SMILES string of the molecule is CCC1(CO)CCN(C(=O)NCC2CC2c2ccccc2)CC1. The highest BCUT2D eigenvalue weighted by Gasteiger charge is 2.39. The summed E-state index contributed by atoms with van der Waals surface area (Å²) in [6.07, 6.45) is 3.97. The van der Waals surface area contributed by atoms with Crippen LogP contribution in [0.4, 0.5) is 4.79 Å². The lowest BCUT2D eigenvalue weighted by atomic mass is 9.77. The summed E-state index contributed by atoms with van der Waals surface area (Å²) < 4.78 is 0. The van der Waals surface area contributed by atoms with E-state index in [1.807, 2.05) is 11.0 Å². The van der Waals surface area contributed by atoms with Crippen LogP contribution in [0.15, 0.2) is 30.3 Å². The molecule has 1 aromatic carbocycles. The van der Waals surface area contributed by atoms with Crippen molar-refractivity contribution in [3.63, 3.8) is 0 Å². The second kappa shape index (κ2) is 6.91. The molecule has 0 spiro atoms. The molecule has 0 bridgehead atoms. The Hall–Kier alpha value is -1.55. The lowest BCUT2D eigenvalue weighted by Gasteiger charge is -2.40. The van der Waals surface area contributed by atoms with Gasteiger partial charge in [0, 0.05) is 26.2 Å². The Morgan fingerprint density at radius 2 is 2.00 bits per heavy atom. The normalized spacial score (nSPS) is 25.9. The number of likely N-dealkylation sites (tertiary alicyclic amines) is 1. The Morgan fingerprint density at radius 1 is 1.30 bits per heavy atom. The predicted molar refractivity (Wildman–Crippen MR) is 91.3 cm³/mol. The minimum Gasteiger partial charge on any atom is -0.396 e. The van der Waals surface area contributed by atoms with Gasteiger partial charge in [-0.2, -0.15) is 0 Å². The van der Waals surface area contributed by atoms with Crippen LogP contribution in [0.2, 0.25) is 0 Å². The van der Waals surface area contributed by atoms with Crippen molar-refractivity contribution in [1.82, 2.24) is 10.2 Å². The number of nitrogens with one attached hydrogen (secondary N) is 1. The maximum Gasteiger partial charge on any atom is 0.317 e. The number of nitrogens with zero attached hydrogens (tertiary/aromatic N) is 1. The molecule has 1 saturated carbocycles. The Bertz CT molecular complexity index is 517. The molecule has 2 atom stereocenters. The zero-order valence-corrected chi connectivity index (χ0v) is 14.0. The molecule has 2 unspecified atom stereocenters. The van der Waals surface area contributed by atoms with Gasteiger partial charge in [0.05, 0.1) is 0 Å². The van der Waals surface area contributed by atoms with Gasteiger partial charge in [0.1, 0.15) is 0 Å². The lowest BCUT2D eigenvalue weighted by Crippen LogP contribution is -2.48. The van der Waals surface area contributed by atoms with Gasteiger partial charge in [-0.05, 0) is 48.5 Å². The number of carbonyl (C=O) groups excluding carboxylic acids is 1. The smallest absolute Gasteiger partial charge is 0.317 e. The molecule has 2 fully saturated rings. The number of urea groups is 1. The molecule has 2 aliphatic rings. The van der Waals surface area contributed by atoms with Crippen molar-refractivity contribution in [1.29, 1.82) is 0 Å². The van der Waals surface area contributed by atoms with Crippen LogP contribution in [0.25, 0.3) is 0 Å². The first kappa shape index (κ1) is 16.3. The highest BCUT2D eigenvalue weighted by Crippen LogP contribution is 2.46. The summed E-state index contributed by atoms with van der Waals surface area (Å²) in [6, 6.07) is 10.6. The number of hydrogen-bond acceptors (Lipinski definition) is 2. The Labute approximate surface area is 138 Å². The molecule has 126 valence electrons. The molecule has 1 heterocycles. The van der Waals surface area contributed by atoms with Crippen LogP contribution in [0, 0.1) is 11.3 Å². The standard InChI is InChI=1S/C19H28N2O2/c1-2-19(14-22)8-10-21(11-9-19)18(23)20-13-16-12-17(16)15-6-4-3-5-7-15/h3-7,16-17,22H,2,8-14H2,1H3,(H,20,23). The zero-order chi connectivity index (χ0) is 16.3. The van der Waals surface area contributed by atoms with Crippen molar-refractivity contribution in [2.24, 2.45) is 11.3 Å². The third-order valence-electron chi connectivity index (χ3n) is 5.86. The molecule has 4 nitrogen and oxygen atoms in total. The molecule has 0 radical (unpaired) electrons. The van der Waals surface area contributed by atoms with E-state index in [2.05, 4.69) is 36.5 Å². The number of amides is 2. The van der Waals surface area contributed by atoms with Gasteiger partial charge < -0.3 is 15.3 Å². The number of carbonyl (C=O) groups is 1. The fourth-order valence-corrected chi connectivity index (χ4v) is 3.72. The molecule has 1 aliphatic heterocycles. The van der Waals surface area contributed by atoms with Crippen molar-refractivity contribution >= 4 is 6.03 Å². The van der Waals surface area contributed by atoms with Crippen molar-refractivity contribution in [3.05, 3.63) is 35.9 Å². The van der Waals surface area contributed by atoms with Gasteiger partial charge in [0.15, 0.2) is 0 Å². The topological polar surface area (TPSA) is 52.6 Å². The number of hydrogen-bond donors (Lipinski definition) is 2. The average Bonchev–Trinajstić information content (AvgIpc) is 3.40. The maximum absolute atomic E-state index is 12.3. The van der Waals surface area contributed by atoms with Crippen LogP contribution in [-0.2, 0) is 0 Å². The van der Waals surface area contributed by atoms with E-state index in [1.165, 1.54) is 12.0 Å². The molecule has 1 aliphatic carbocycles. The molecule has 2 amide bonds. The van der Waals surface area contributed by atoms with Crippen LogP contribution in [0.3, 0.4) is 0 Å². The van der Waals surface area contributed by atoms with Gasteiger partial charge in [0.25, 0.3) is 0 Å². The van der Waals surface area contributed by atoms with Crippen molar-refractivity contribution in [3.8, 4) is 0 Å². The molecule has 3 rings (SSSR count). The van der Waals surface area contributed by atoms with E-state index in [-0.39, 0.29) is 18.1 Å². The summed E-state index contributed by atoms with van der Waals surface area (Å²) in [4.78, 5) is 14.2. The highest BCUT2D eigenvalue weighted by atomic mass is 16.3. The minimum absolute atomic E-state index is 0.0334. The van der Waals surface area contributed by atoms with E-state index in [4.69, 9.17) is 0 Å². The molecular weight excluding hydrogens is 288 g/mol. The second-order valence-electron chi connectivity index (χ2n) is 7.20. The number of rotatable bonds is 5. The summed E-state index contributed by atoms with van der Waals surface area (Å²) in [7, 11) is 0. The minimum atomic E-state index is 0.0334. The Kier molecular flexibility index (Phi) is 4.90. The second-order valence-corrected chi connectivity index (χ2v) is 7.20. The van der Waals surface area contributed by atoms with E-state index in [0.717, 1.165) is 38.9 Å². The third-order valence-corrected chi connectivity index (χ3v) is 5.86. The quantitative estimate of drug-likeness (QED) is 0.877. The van der Waals surface area contributed by atoms with Crippen molar-refractivity contribution in [2.45, 2.75) is 38.5 Å². The molecule has 0 aromatic heterocycles. The van der Waals surface area contributed by atoms with Gasteiger partial charge in [-0.3, -0.25) is 0 Å². The third kappa shape index (κ3) is 3.69. The van der Waals surface area contributed by atoms with E-state index < -0.39 is 0 Å². The highest BCUT2D eigenvalue weighted by molar-refractivity contribution is 5.74. The average molecular weight is 316 g/mol. The fraction of sp³-hybridized carbons (Fsp3) is 0.632. The molecule has 23 heavy (non-hydrogen) atoms. The van der Waals surface area contributed by atoms with E-state index >= 15 is 0 Å². The molecule has 2 N–H and O–H groups in total. The van der Waals surface area contributed by atoms with E-state index in [9.17, 15) is 9.90 Å². The summed E-state index contributed by atoms with van der Waals surface area (Å²) in [5.41, 5.74) is 1.42. The zero-order valence-electron chi connectivity index (χ0n) is 14.0. The van der Waals surface area contributed by atoms with Gasteiger partial charge >= 0.3 is 6.03 Å². The van der Waals surface area contributed by atoms with Crippen molar-refractivity contribution < 1.29 is 9.90 Å². The lowest BCUT2D eigenvalue weighted by molar-refractivity contribution is 0.0519. The first-order valence-corrected chi connectivity index (χ1v) is 8.86. The largest absolute Gasteiger partial charge is 0.396 e. The summed E-state index contributed by atoms with van der Waals surface area (Å²) in [5, 5.41) is 12.7. The van der Waals surface area contributed by atoms with Gasteiger partial charge in [0.2, 0.25) is 0 Å². The Morgan fingerprint density at radius 3 is 2.61 bits per heavy atom. The number of piperidine rings is 1. The molecular formula is C19H28N2O2. The summed E-state index contributed by atoms with van der Waals surface area (Å²) in [6.45, 7) is 4.65. The monoisotopic (exact) mass is 316 g/mol. The number of aliphatic hydroxyl groups is 1. The van der Waals surface area contributed by atoms with Gasteiger partial charge in [-0.1, -0.05) is 37.3 Å². The maximum atomic E-state index is 12.3. The molecule has 1 saturated heterocycles. The summed E-state index contributed by atoms with van der Waals surface area (Å²) >= 11 is 0. The molecule has 4 heteroatoms. The van der Waals surface area contributed by atoms with Crippen LogP contribution in [0.1, 0.15) is 44.1 Å². The first-order valence-electron chi connectivity index (χ1n) is 8.86. The number of aliphatic hydroxyl groups excluding tert-OH is 1. The molecule has 1 aromatic rings. The van der Waals surface area contributed by atoms with Crippen LogP contribution in [-0.4, -0.2) is 42.3 Å². The van der Waals surface area contributed by atoms with Crippen LogP contribution in [0.5, 0.6) is 0 Å². The van der Waals surface area contributed by atoms with Crippen molar-refractivity contribution in [2.75, 3.05) is 26.2 Å². The first-order chi connectivity index (χ1) is 11.2. The van der Waals surface area contributed by atoms with Gasteiger partial charge in [-0.15, -0.1) is 0 Å². The fourth-order valence-electron chi connectivity index (χ4n) is 3.72. The van der Waals surface area contributed by atoms with Gasteiger partial charge in [-0.25, -0.2) is 4.79 Å².